The lowest BCUT2D eigenvalue weighted by atomic mass is 10.2. The second-order valence-corrected chi connectivity index (χ2v) is 6.70. The number of rotatable bonds is 3. The van der Waals surface area contributed by atoms with Crippen LogP contribution >= 0.6 is 27.5 Å². The first-order valence-electron chi connectivity index (χ1n) is 7.13. The average Bonchev–Trinajstić information content (AvgIpc) is 2.83. The van der Waals surface area contributed by atoms with E-state index in [1.807, 2.05) is 54.8 Å². The van der Waals surface area contributed by atoms with E-state index in [0.717, 1.165) is 21.2 Å². The normalized spacial score (nSPS) is 11.0. The highest BCUT2D eigenvalue weighted by Crippen LogP contribution is 2.22. The van der Waals surface area contributed by atoms with E-state index in [0.29, 0.717) is 23.0 Å². The zero-order valence-corrected chi connectivity index (χ0v) is 15.1. The average molecular weight is 393 g/mol. The summed E-state index contributed by atoms with van der Waals surface area (Å²) in [4.78, 5) is 17.1. The van der Waals surface area contributed by atoms with E-state index in [1.165, 1.54) is 0 Å². The van der Waals surface area contributed by atoms with Gasteiger partial charge >= 0.3 is 0 Å². The number of nitrogens with one attached hydrogen (secondary N) is 1. The smallest absolute Gasteiger partial charge is 0.270 e. The number of halogens is 2. The molecule has 2 aromatic heterocycles. The number of hydrogen-bond acceptors (Lipinski definition) is 2. The third kappa shape index (κ3) is 3.26. The van der Waals surface area contributed by atoms with Crippen molar-refractivity contribution in [3.8, 4) is 0 Å². The van der Waals surface area contributed by atoms with Crippen molar-refractivity contribution in [2.75, 3.05) is 0 Å². The Bertz CT molecular complexity index is 887. The summed E-state index contributed by atoms with van der Waals surface area (Å²) in [5, 5.41) is 3.61. The van der Waals surface area contributed by atoms with Gasteiger partial charge in [-0.15, -0.1) is 0 Å². The molecule has 0 aliphatic carbocycles. The molecule has 3 aromatic rings. The van der Waals surface area contributed by atoms with Gasteiger partial charge in [-0.05, 0) is 59.1 Å². The zero-order chi connectivity index (χ0) is 16.6. The first-order chi connectivity index (χ1) is 11.0. The summed E-state index contributed by atoms with van der Waals surface area (Å²) in [5.41, 5.74) is 4.04. The Morgan fingerprint density at radius 2 is 2.00 bits per heavy atom. The van der Waals surface area contributed by atoms with Gasteiger partial charge in [-0.1, -0.05) is 23.7 Å². The minimum absolute atomic E-state index is 0.151. The molecular formula is C17H15BrClN3O. The maximum absolute atomic E-state index is 12.6. The fourth-order valence-electron chi connectivity index (χ4n) is 2.49. The topological polar surface area (TPSA) is 46.4 Å². The molecule has 0 aliphatic rings. The molecule has 0 aliphatic heterocycles. The molecule has 0 unspecified atom stereocenters. The summed E-state index contributed by atoms with van der Waals surface area (Å²) in [6, 6.07) is 9.39. The van der Waals surface area contributed by atoms with Gasteiger partial charge in [-0.25, -0.2) is 4.98 Å². The van der Waals surface area contributed by atoms with Crippen molar-refractivity contribution < 1.29 is 4.79 Å². The van der Waals surface area contributed by atoms with E-state index < -0.39 is 0 Å². The SMILES string of the molecule is Cc1cc(Br)c2nc(C)c(C(=O)NCc3ccc(Cl)cc3)n2c1. The van der Waals surface area contributed by atoms with Gasteiger partial charge in [-0.2, -0.15) is 0 Å². The lowest BCUT2D eigenvalue weighted by Gasteiger charge is -2.07. The van der Waals surface area contributed by atoms with Gasteiger partial charge < -0.3 is 5.32 Å². The highest BCUT2D eigenvalue weighted by atomic mass is 79.9. The largest absolute Gasteiger partial charge is 0.347 e. The maximum atomic E-state index is 12.6. The predicted octanol–water partition coefficient (Wildman–Crippen LogP) is 4.30. The van der Waals surface area contributed by atoms with Crippen LogP contribution in [0.1, 0.15) is 27.3 Å². The quantitative estimate of drug-likeness (QED) is 0.722. The summed E-state index contributed by atoms with van der Waals surface area (Å²) < 4.78 is 2.70. The molecule has 1 amide bonds. The van der Waals surface area contributed by atoms with E-state index in [4.69, 9.17) is 11.6 Å². The van der Waals surface area contributed by atoms with E-state index in [1.54, 1.807) is 0 Å². The summed E-state index contributed by atoms with van der Waals surface area (Å²) in [5.74, 6) is -0.151. The van der Waals surface area contributed by atoms with Crippen LogP contribution in [0.25, 0.3) is 5.65 Å². The number of aromatic nitrogens is 2. The van der Waals surface area contributed by atoms with Crippen LogP contribution in [0.4, 0.5) is 0 Å². The number of carbonyl (C=O) groups is 1. The third-order valence-corrected chi connectivity index (χ3v) is 4.40. The Morgan fingerprint density at radius 1 is 1.30 bits per heavy atom. The summed E-state index contributed by atoms with van der Waals surface area (Å²) in [6.45, 7) is 4.26. The van der Waals surface area contributed by atoms with Crippen LogP contribution in [0.2, 0.25) is 5.02 Å². The van der Waals surface area contributed by atoms with Crippen molar-refractivity contribution in [2.24, 2.45) is 0 Å². The van der Waals surface area contributed by atoms with E-state index in [9.17, 15) is 4.79 Å². The maximum Gasteiger partial charge on any atom is 0.270 e. The lowest BCUT2D eigenvalue weighted by Crippen LogP contribution is -2.25. The van der Waals surface area contributed by atoms with Crippen molar-refractivity contribution >= 4 is 39.1 Å². The molecule has 0 atom stereocenters. The van der Waals surface area contributed by atoms with E-state index >= 15 is 0 Å². The van der Waals surface area contributed by atoms with Crippen LogP contribution in [0.5, 0.6) is 0 Å². The second-order valence-electron chi connectivity index (χ2n) is 5.41. The number of carbonyl (C=O) groups excluding carboxylic acids is 1. The number of nitrogens with zero attached hydrogens (tertiary/aromatic N) is 2. The minimum Gasteiger partial charge on any atom is -0.347 e. The number of benzene rings is 1. The summed E-state index contributed by atoms with van der Waals surface area (Å²) >= 11 is 9.37. The van der Waals surface area contributed by atoms with Gasteiger partial charge in [0.25, 0.3) is 5.91 Å². The zero-order valence-electron chi connectivity index (χ0n) is 12.7. The number of fused-ring (bicyclic) bond motifs is 1. The molecule has 0 saturated carbocycles. The van der Waals surface area contributed by atoms with Crippen molar-refractivity contribution in [3.05, 3.63) is 68.5 Å². The van der Waals surface area contributed by atoms with E-state index in [2.05, 4.69) is 26.2 Å². The van der Waals surface area contributed by atoms with Gasteiger partial charge in [0.15, 0.2) is 5.65 Å². The third-order valence-electron chi connectivity index (χ3n) is 3.57. The first-order valence-corrected chi connectivity index (χ1v) is 8.30. The number of amides is 1. The van der Waals surface area contributed by atoms with Crippen LogP contribution in [0.3, 0.4) is 0 Å². The van der Waals surface area contributed by atoms with Crippen LogP contribution in [-0.4, -0.2) is 15.3 Å². The summed E-state index contributed by atoms with van der Waals surface area (Å²) in [7, 11) is 0. The molecular weight excluding hydrogens is 378 g/mol. The standard InChI is InChI=1S/C17H15BrClN3O/c1-10-7-14(18)16-21-11(2)15(22(16)9-10)17(23)20-8-12-3-5-13(19)6-4-12/h3-7,9H,8H2,1-2H3,(H,20,23). The minimum atomic E-state index is -0.151. The second kappa shape index (κ2) is 6.34. The Balaban J connectivity index is 1.89. The lowest BCUT2D eigenvalue weighted by molar-refractivity contribution is 0.0944. The Morgan fingerprint density at radius 3 is 2.70 bits per heavy atom. The highest BCUT2D eigenvalue weighted by Gasteiger charge is 2.18. The van der Waals surface area contributed by atoms with Crippen molar-refractivity contribution in [1.82, 2.24) is 14.7 Å². The van der Waals surface area contributed by atoms with Crippen molar-refractivity contribution in [2.45, 2.75) is 20.4 Å². The number of hydrogen-bond donors (Lipinski definition) is 1. The molecule has 1 N–H and O–H groups in total. The Labute approximate surface area is 147 Å². The fourth-order valence-corrected chi connectivity index (χ4v) is 3.25. The van der Waals surface area contributed by atoms with Crippen molar-refractivity contribution in [1.29, 1.82) is 0 Å². The molecule has 4 nitrogen and oxygen atoms in total. The van der Waals surface area contributed by atoms with Gasteiger partial charge in [0.2, 0.25) is 0 Å². The van der Waals surface area contributed by atoms with Crippen molar-refractivity contribution in [3.63, 3.8) is 0 Å². The Hall–Kier alpha value is -1.85. The molecule has 0 fully saturated rings. The molecule has 3 rings (SSSR count). The predicted molar refractivity (Wildman–Crippen MR) is 95.0 cm³/mol. The monoisotopic (exact) mass is 391 g/mol. The molecule has 0 spiro atoms. The molecule has 118 valence electrons. The molecule has 6 heteroatoms. The van der Waals surface area contributed by atoms with Crippen LogP contribution in [0.15, 0.2) is 41.0 Å². The van der Waals surface area contributed by atoms with Crippen LogP contribution in [0, 0.1) is 13.8 Å². The van der Waals surface area contributed by atoms with Gasteiger partial charge in [0.1, 0.15) is 5.69 Å². The fraction of sp³-hybridized carbons (Fsp3) is 0.176. The Kier molecular flexibility index (Phi) is 4.41. The van der Waals surface area contributed by atoms with Gasteiger partial charge in [-0.3, -0.25) is 9.20 Å². The van der Waals surface area contributed by atoms with Crippen LogP contribution < -0.4 is 5.32 Å². The molecule has 23 heavy (non-hydrogen) atoms. The number of pyridine rings is 1. The summed E-state index contributed by atoms with van der Waals surface area (Å²) in [6.07, 6.45) is 1.91. The molecule has 0 saturated heterocycles. The molecule has 0 bridgehead atoms. The first kappa shape index (κ1) is 16.0. The highest BCUT2D eigenvalue weighted by molar-refractivity contribution is 9.10. The molecule has 0 radical (unpaired) electrons. The van der Waals surface area contributed by atoms with Gasteiger partial charge in [0.05, 0.1) is 10.2 Å². The van der Waals surface area contributed by atoms with E-state index in [-0.39, 0.29) is 5.91 Å². The van der Waals surface area contributed by atoms with Crippen LogP contribution in [-0.2, 0) is 6.54 Å². The number of imidazole rings is 1. The molecule has 1 aromatic carbocycles. The molecule has 2 heterocycles. The van der Waals surface area contributed by atoms with Gasteiger partial charge in [0, 0.05) is 17.8 Å². The number of aryl methyl sites for hydroxylation is 2.